The normalized spacial score (nSPS) is 11.7. The fraction of sp³-hybridized carbons (Fsp3) is 0.375. The molecule has 0 nitrogen and oxygen atoms in total. The van der Waals surface area contributed by atoms with Crippen LogP contribution in [0.4, 0.5) is 0 Å². The van der Waals surface area contributed by atoms with E-state index in [2.05, 4.69) is 39.5 Å². The summed E-state index contributed by atoms with van der Waals surface area (Å²) in [5, 5.41) is 1.48. The minimum atomic E-state index is 1.15. The standard InChI is InChI=1S/C16H20S2/c1-5-9-12-13(8-4)17-16-15(12)11(7-3)14(18-16)10-6-2/h6-7,10H,3,5,8-9H2,1-2,4H3/b10-6-. The van der Waals surface area contributed by atoms with E-state index < -0.39 is 0 Å². The summed E-state index contributed by atoms with van der Waals surface area (Å²) in [6.45, 7) is 10.6. The molecule has 0 N–H and O–H groups in total. The molecule has 0 aliphatic rings. The fourth-order valence-corrected chi connectivity index (χ4v) is 5.19. The maximum Gasteiger partial charge on any atom is 0.0883 e. The second kappa shape index (κ2) is 5.85. The Labute approximate surface area is 118 Å². The Morgan fingerprint density at radius 2 is 2.00 bits per heavy atom. The highest BCUT2D eigenvalue weighted by atomic mass is 32.2. The zero-order valence-electron chi connectivity index (χ0n) is 11.4. The summed E-state index contributed by atoms with van der Waals surface area (Å²) < 4.78 is 1.47. The fourth-order valence-electron chi connectivity index (χ4n) is 2.39. The van der Waals surface area contributed by atoms with Crippen LogP contribution in [0.25, 0.3) is 21.6 Å². The molecule has 0 fully saturated rings. The summed E-state index contributed by atoms with van der Waals surface area (Å²) in [6.07, 6.45) is 9.90. The first-order valence-electron chi connectivity index (χ1n) is 6.58. The minimum absolute atomic E-state index is 1.15. The highest BCUT2D eigenvalue weighted by molar-refractivity contribution is 7.39. The van der Waals surface area contributed by atoms with Crippen LogP contribution in [0, 0.1) is 0 Å². The van der Waals surface area contributed by atoms with Gasteiger partial charge in [-0.05, 0) is 31.4 Å². The minimum Gasteiger partial charge on any atom is -0.129 e. The molecule has 0 unspecified atom stereocenters. The van der Waals surface area contributed by atoms with Gasteiger partial charge < -0.3 is 0 Å². The van der Waals surface area contributed by atoms with Gasteiger partial charge in [-0.2, -0.15) is 0 Å². The summed E-state index contributed by atoms with van der Waals surface area (Å²) in [5.41, 5.74) is 2.91. The van der Waals surface area contributed by atoms with Crippen molar-refractivity contribution in [2.45, 2.75) is 40.0 Å². The van der Waals surface area contributed by atoms with Crippen LogP contribution in [0.1, 0.15) is 48.1 Å². The number of hydrogen-bond donors (Lipinski definition) is 0. The first-order valence-corrected chi connectivity index (χ1v) is 8.22. The van der Waals surface area contributed by atoms with Gasteiger partial charge in [0.1, 0.15) is 0 Å². The lowest BCUT2D eigenvalue weighted by Crippen LogP contribution is -1.87. The molecule has 0 aliphatic heterocycles. The topological polar surface area (TPSA) is 0 Å². The second-order valence-electron chi connectivity index (χ2n) is 4.35. The molecular formula is C16H20S2. The van der Waals surface area contributed by atoms with Crippen LogP contribution in [0.3, 0.4) is 0 Å². The number of fused-ring (bicyclic) bond motifs is 1. The molecular weight excluding hydrogens is 256 g/mol. The monoisotopic (exact) mass is 276 g/mol. The van der Waals surface area contributed by atoms with Crippen molar-refractivity contribution in [3.8, 4) is 0 Å². The zero-order valence-corrected chi connectivity index (χ0v) is 13.0. The zero-order chi connectivity index (χ0) is 13.1. The number of allylic oxidation sites excluding steroid dienone is 1. The van der Waals surface area contributed by atoms with Gasteiger partial charge in [0.25, 0.3) is 0 Å². The molecule has 0 saturated heterocycles. The average molecular weight is 276 g/mol. The first-order chi connectivity index (χ1) is 8.76. The Bertz CT molecular complexity index is 582. The maximum absolute atomic E-state index is 4.01. The van der Waals surface area contributed by atoms with Crippen molar-refractivity contribution in [2.24, 2.45) is 0 Å². The molecule has 0 atom stereocenters. The van der Waals surface area contributed by atoms with Crippen molar-refractivity contribution in [3.05, 3.63) is 33.5 Å². The Morgan fingerprint density at radius 1 is 1.22 bits per heavy atom. The molecule has 0 radical (unpaired) electrons. The first kappa shape index (κ1) is 13.6. The van der Waals surface area contributed by atoms with E-state index in [9.17, 15) is 0 Å². The van der Waals surface area contributed by atoms with Crippen LogP contribution in [0.15, 0.2) is 12.7 Å². The van der Waals surface area contributed by atoms with Crippen LogP contribution in [0.2, 0.25) is 0 Å². The predicted molar refractivity (Wildman–Crippen MR) is 87.9 cm³/mol. The molecule has 0 aromatic carbocycles. The van der Waals surface area contributed by atoms with Gasteiger partial charge in [-0.3, -0.25) is 0 Å². The van der Waals surface area contributed by atoms with E-state index in [-0.39, 0.29) is 0 Å². The number of rotatable bonds is 5. The largest absolute Gasteiger partial charge is 0.129 e. The van der Waals surface area contributed by atoms with E-state index in [0.717, 1.165) is 6.42 Å². The average Bonchev–Trinajstić information content (AvgIpc) is 2.86. The molecule has 0 bridgehead atoms. The lowest BCUT2D eigenvalue weighted by Gasteiger charge is -2.02. The third-order valence-electron chi connectivity index (χ3n) is 3.14. The Morgan fingerprint density at radius 3 is 2.56 bits per heavy atom. The van der Waals surface area contributed by atoms with E-state index in [1.54, 1.807) is 10.4 Å². The van der Waals surface area contributed by atoms with Crippen molar-refractivity contribution >= 4 is 44.2 Å². The van der Waals surface area contributed by atoms with Crippen molar-refractivity contribution in [2.75, 3.05) is 0 Å². The molecule has 0 spiro atoms. The smallest absolute Gasteiger partial charge is 0.0883 e. The highest BCUT2D eigenvalue weighted by Gasteiger charge is 2.17. The molecule has 0 saturated carbocycles. The van der Waals surface area contributed by atoms with E-state index in [4.69, 9.17) is 0 Å². The van der Waals surface area contributed by atoms with E-state index in [0.29, 0.717) is 0 Å². The van der Waals surface area contributed by atoms with Crippen LogP contribution in [-0.4, -0.2) is 0 Å². The molecule has 2 rings (SSSR count). The molecule has 2 heterocycles. The van der Waals surface area contributed by atoms with Gasteiger partial charge >= 0.3 is 0 Å². The molecule has 18 heavy (non-hydrogen) atoms. The summed E-state index contributed by atoms with van der Waals surface area (Å²) in [4.78, 5) is 2.92. The summed E-state index contributed by atoms with van der Waals surface area (Å²) >= 11 is 3.89. The van der Waals surface area contributed by atoms with Crippen LogP contribution in [-0.2, 0) is 12.8 Å². The molecule has 2 aromatic rings. The number of thiophene rings is 2. The van der Waals surface area contributed by atoms with Crippen LogP contribution >= 0.6 is 22.7 Å². The number of hydrogen-bond acceptors (Lipinski definition) is 2. The highest BCUT2D eigenvalue weighted by Crippen LogP contribution is 2.43. The lowest BCUT2D eigenvalue weighted by molar-refractivity contribution is 0.917. The van der Waals surface area contributed by atoms with Crippen molar-refractivity contribution < 1.29 is 0 Å². The van der Waals surface area contributed by atoms with Crippen molar-refractivity contribution in [1.82, 2.24) is 0 Å². The number of aryl methyl sites for hydroxylation is 2. The summed E-state index contributed by atoms with van der Waals surface area (Å²) in [7, 11) is 0. The molecule has 96 valence electrons. The van der Waals surface area contributed by atoms with Crippen molar-refractivity contribution in [3.63, 3.8) is 0 Å². The van der Waals surface area contributed by atoms with Gasteiger partial charge in [0.2, 0.25) is 0 Å². The lowest BCUT2D eigenvalue weighted by atomic mass is 10.0. The predicted octanol–water partition coefficient (Wildman–Crippen LogP) is 6.15. The van der Waals surface area contributed by atoms with Gasteiger partial charge in [-0.25, -0.2) is 0 Å². The summed E-state index contributed by atoms with van der Waals surface area (Å²) in [5.74, 6) is 0. The third kappa shape index (κ3) is 2.19. The van der Waals surface area contributed by atoms with Crippen molar-refractivity contribution in [1.29, 1.82) is 0 Å². The quantitative estimate of drug-likeness (QED) is 0.614. The van der Waals surface area contributed by atoms with E-state index in [1.165, 1.54) is 32.7 Å². The molecule has 2 aromatic heterocycles. The summed E-state index contributed by atoms with van der Waals surface area (Å²) in [6, 6.07) is 0. The Kier molecular flexibility index (Phi) is 4.41. The molecule has 0 aliphatic carbocycles. The van der Waals surface area contributed by atoms with E-state index in [1.807, 2.05) is 28.7 Å². The Hall–Kier alpha value is -0.860. The van der Waals surface area contributed by atoms with E-state index >= 15 is 0 Å². The Balaban J connectivity index is 2.72. The molecule has 0 amide bonds. The van der Waals surface area contributed by atoms with Gasteiger partial charge in [0, 0.05) is 20.7 Å². The van der Waals surface area contributed by atoms with Gasteiger partial charge in [0.05, 0.1) is 4.01 Å². The molecule has 2 heteroatoms. The SMILES string of the molecule is C=Cc1c(/C=C\C)sc2sc(CC)c(CCC)c12. The van der Waals surface area contributed by atoms with Crippen LogP contribution < -0.4 is 0 Å². The third-order valence-corrected chi connectivity index (χ3v) is 5.78. The van der Waals surface area contributed by atoms with Gasteiger partial charge in [-0.1, -0.05) is 39.0 Å². The maximum atomic E-state index is 4.01. The second-order valence-corrected chi connectivity index (χ2v) is 6.77. The van der Waals surface area contributed by atoms with Gasteiger partial charge in [0.15, 0.2) is 0 Å². The van der Waals surface area contributed by atoms with Crippen LogP contribution in [0.5, 0.6) is 0 Å². The van der Waals surface area contributed by atoms with Gasteiger partial charge in [-0.15, -0.1) is 22.7 Å².